The molecule has 28 heavy (non-hydrogen) atoms. The zero-order chi connectivity index (χ0) is 20.5. The van der Waals surface area contributed by atoms with Gasteiger partial charge in [0.05, 0.1) is 5.69 Å². The fraction of sp³-hybridized carbons (Fsp3) is 0.500. The molecule has 6 heteroatoms. The van der Waals surface area contributed by atoms with Gasteiger partial charge in [0.25, 0.3) is 0 Å². The zero-order valence-electron chi connectivity index (χ0n) is 17.7. The van der Waals surface area contributed by atoms with Crippen LogP contribution in [0.25, 0.3) is 11.3 Å². The molecule has 1 saturated heterocycles. The molecule has 6 nitrogen and oxygen atoms in total. The Morgan fingerprint density at radius 3 is 2.36 bits per heavy atom. The van der Waals surface area contributed by atoms with Crippen LogP contribution in [0.4, 0.5) is 10.6 Å². The highest BCUT2D eigenvalue weighted by Crippen LogP contribution is 2.29. The van der Waals surface area contributed by atoms with Crippen molar-refractivity contribution in [2.75, 3.05) is 24.5 Å². The molecule has 1 aromatic heterocycles. The Morgan fingerprint density at radius 2 is 1.75 bits per heavy atom. The highest BCUT2D eigenvalue weighted by Gasteiger charge is 2.32. The van der Waals surface area contributed by atoms with Crippen LogP contribution in [0.5, 0.6) is 0 Å². The molecular weight excluding hydrogens is 352 g/mol. The van der Waals surface area contributed by atoms with Crippen molar-refractivity contribution >= 4 is 11.9 Å². The monoisotopic (exact) mass is 382 g/mol. The molecule has 1 atom stereocenters. The molecule has 1 aromatic carbocycles. The molecule has 1 aliphatic heterocycles. The van der Waals surface area contributed by atoms with Gasteiger partial charge >= 0.3 is 6.09 Å². The van der Waals surface area contributed by atoms with E-state index in [1.165, 1.54) is 0 Å². The second kappa shape index (κ2) is 7.78. The lowest BCUT2D eigenvalue weighted by Crippen LogP contribution is -2.55. The lowest BCUT2D eigenvalue weighted by molar-refractivity contribution is 0.0158. The summed E-state index contributed by atoms with van der Waals surface area (Å²) in [4.78, 5) is 16.5. The van der Waals surface area contributed by atoms with Gasteiger partial charge in [-0.05, 0) is 52.7 Å². The average Bonchev–Trinajstić information content (AvgIpc) is 2.63. The van der Waals surface area contributed by atoms with E-state index in [1.54, 1.807) is 4.90 Å². The van der Waals surface area contributed by atoms with Crippen LogP contribution >= 0.6 is 0 Å². The van der Waals surface area contributed by atoms with Crippen LogP contribution in [0.3, 0.4) is 0 Å². The SMILES string of the molecule is Cc1c(-c2ccccc2)nnc(N2CCN(C(=O)OC(C)(C)C)C(C)C2)c1C. The summed E-state index contributed by atoms with van der Waals surface area (Å²) in [5.41, 5.74) is 3.78. The summed E-state index contributed by atoms with van der Waals surface area (Å²) < 4.78 is 5.54. The topological polar surface area (TPSA) is 58.6 Å². The van der Waals surface area contributed by atoms with E-state index in [1.807, 2.05) is 45.9 Å². The number of aromatic nitrogens is 2. The van der Waals surface area contributed by atoms with Crippen molar-refractivity contribution in [3.8, 4) is 11.3 Å². The smallest absolute Gasteiger partial charge is 0.410 e. The number of piperazine rings is 1. The van der Waals surface area contributed by atoms with Crippen LogP contribution in [0.1, 0.15) is 38.8 Å². The summed E-state index contributed by atoms with van der Waals surface area (Å²) in [6.07, 6.45) is -0.252. The van der Waals surface area contributed by atoms with Crippen LogP contribution in [0, 0.1) is 13.8 Å². The number of benzene rings is 1. The van der Waals surface area contributed by atoms with Crippen molar-refractivity contribution in [3.05, 3.63) is 41.5 Å². The predicted molar refractivity (Wildman–Crippen MR) is 112 cm³/mol. The van der Waals surface area contributed by atoms with E-state index in [9.17, 15) is 4.79 Å². The molecule has 0 bridgehead atoms. The second-order valence-electron chi connectivity index (χ2n) is 8.46. The van der Waals surface area contributed by atoms with Crippen LogP contribution in [-0.2, 0) is 4.74 Å². The zero-order valence-corrected chi connectivity index (χ0v) is 17.7. The number of carbonyl (C=O) groups is 1. The van der Waals surface area contributed by atoms with E-state index >= 15 is 0 Å². The first kappa shape index (κ1) is 20.1. The largest absolute Gasteiger partial charge is 0.444 e. The third kappa shape index (κ3) is 4.26. The standard InChI is InChI=1S/C22H30N4O2/c1-15-14-25(12-13-26(15)21(27)28-22(4,5)6)20-17(3)16(2)19(23-24-20)18-10-8-7-9-11-18/h7-11,15H,12-14H2,1-6H3. The Kier molecular flexibility index (Phi) is 5.59. The molecule has 1 aliphatic rings. The van der Waals surface area contributed by atoms with Crippen molar-refractivity contribution < 1.29 is 9.53 Å². The number of amides is 1. The number of rotatable bonds is 2. The first-order valence-electron chi connectivity index (χ1n) is 9.81. The summed E-state index contributed by atoms with van der Waals surface area (Å²) in [5.74, 6) is 0.896. The minimum Gasteiger partial charge on any atom is -0.444 e. The van der Waals surface area contributed by atoms with Crippen LogP contribution in [0.15, 0.2) is 30.3 Å². The first-order valence-corrected chi connectivity index (χ1v) is 9.81. The van der Waals surface area contributed by atoms with E-state index < -0.39 is 5.60 Å². The Morgan fingerprint density at radius 1 is 1.07 bits per heavy atom. The molecule has 2 aromatic rings. The van der Waals surface area contributed by atoms with E-state index in [0.717, 1.165) is 28.2 Å². The molecule has 1 fully saturated rings. The van der Waals surface area contributed by atoms with E-state index in [-0.39, 0.29) is 12.1 Å². The molecule has 150 valence electrons. The van der Waals surface area contributed by atoms with Gasteiger partial charge in [0.1, 0.15) is 5.60 Å². The number of carbonyl (C=O) groups excluding carboxylic acids is 1. The summed E-state index contributed by atoms with van der Waals surface area (Å²) in [6, 6.07) is 10.2. The van der Waals surface area contributed by atoms with Gasteiger partial charge < -0.3 is 14.5 Å². The maximum atomic E-state index is 12.4. The number of anilines is 1. The maximum Gasteiger partial charge on any atom is 0.410 e. The number of hydrogen-bond donors (Lipinski definition) is 0. The highest BCUT2D eigenvalue weighted by molar-refractivity contribution is 5.70. The van der Waals surface area contributed by atoms with E-state index in [4.69, 9.17) is 4.74 Å². The van der Waals surface area contributed by atoms with Gasteiger partial charge in [-0.1, -0.05) is 30.3 Å². The molecular formula is C22H30N4O2. The fourth-order valence-electron chi connectivity index (χ4n) is 3.51. The molecule has 3 rings (SSSR count). The highest BCUT2D eigenvalue weighted by atomic mass is 16.6. The van der Waals surface area contributed by atoms with Gasteiger partial charge in [-0.3, -0.25) is 0 Å². The van der Waals surface area contributed by atoms with Crippen LogP contribution in [-0.4, -0.2) is 52.5 Å². The minimum atomic E-state index is -0.486. The molecule has 2 heterocycles. The molecule has 0 spiro atoms. The Bertz CT molecular complexity index is 846. The second-order valence-corrected chi connectivity index (χ2v) is 8.46. The van der Waals surface area contributed by atoms with E-state index in [0.29, 0.717) is 19.6 Å². The molecule has 0 radical (unpaired) electrons. The third-order valence-electron chi connectivity index (χ3n) is 5.10. The number of ether oxygens (including phenoxy) is 1. The molecule has 0 aliphatic carbocycles. The minimum absolute atomic E-state index is 0.0407. The van der Waals surface area contributed by atoms with Crippen molar-refractivity contribution in [1.82, 2.24) is 15.1 Å². The van der Waals surface area contributed by atoms with Gasteiger partial charge in [0.2, 0.25) is 0 Å². The van der Waals surface area contributed by atoms with Crippen molar-refractivity contribution in [2.24, 2.45) is 0 Å². The number of hydrogen-bond acceptors (Lipinski definition) is 5. The van der Waals surface area contributed by atoms with Gasteiger partial charge in [0.15, 0.2) is 5.82 Å². The lowest BCUT2D eigenvalue weighted by Gasteiger charge is -2.41. The molecule has 0 saturated carbocycles. The summed E-state index contributed by atoms with van der Waals surface area (Å²) >= 11 is 0. The predicted octanol–water partition coefficient (Wildman–Crippen LogP) is 4.21. The van der Waals surface area contributed by atoms with Crippen LogP contribution < -0.4 is 4.90 Å². The van der Waals surface area contributed by atoms with Crippen molar-refractivity contribution in [1.29, 1.82) is 0 Å². The maximum absolute atomic E-state index is 12.4. The third-order valence-corrected chi connectivity index (χ3v) is 5.10. The summed E-state index contributed by atoms with van der Waals surface area (Å²) in [6.45, 7) is 13.9. The molecule has 0 N–H and O–H groups in total. The van der Waals surface area contributed by atoms with Gasteiger partial charge in [-0.15, -0.1) is 10.2 Å². The quantitative estimate of drug-likeness (QED) is 0.779. The van der Waals surface area contributed by atoms with Gasteiger partial charge in [-0.2, -0.15) is 0 Å². The summed E-state index contributed by atoms with van der Waals surface area (Å²) in [5, 5.41) is 9.06. The lowest BCUT2D eigenvalue weighted by atomic mass is 10.0. The van der Waals surface area contributed by atoms with Gasteiger partial charge in [-0.25, -0.2) is 4.79 Å². The number of nitrogens with zero attached hydrogens (tertiary/aromatic N) is 4. The first-order chi connectivity index (χ1) is 13.2. The molecule has 1 amide bonds. The Labute approximate surface area is 167 Å². The molecule has 1 unspecified atom stereocenters. The van der Waals surface area contributed by atoms with Crippen LogP contribution in [0.2, 0.25) is 0 Å². The van der Waals surface area contributed by atoms with E-state index in [2.05, 4.69) is 41.1 Å². The summed E-state index contributed by atoms with van der Waals surface area (Å²) in [7, 11) is 0. The fourth-order valence-corrected chi connectivity index (χ4v) is 3.51. The van der Waals surface area contributed by atoms with Gasteiger partial charge in [0, 0.05) is 31.2 Å². The Balaban J connectivity index is 1.77. The van der Waals surface area contributed by atoms with Crippen molar-refractivity contribution in [3.63, 3.8) is 0 Å². The average molecular weight is 383 g/mol. The Hall–Kier alpha value is -2.63. The van der Waals surface area contributed by atoms with Crippen molar-refractivity contribution in [2.45, 2.75) is 53.2 Å². The normalized spacial score (nSPS) is 17.6.